The van der Waals surface area contributed by atoms with Crippen LogP contribution in [0.4, 0.5) is 0 Å². The van der Waals surface area contributed by atoms with Gasteiger partial charge >= 0.3 is 0 Å². The zero-order valence-corrected chi connectivity index (χ0v) is 16.6. The molecule has 3 aromatic rings. The zero-order valence-electron chi connectivity index (χ0n) is 14.2. The summed E-state index contributed by atoms with van der Waals surface area (Å²) in [5.74, 6) is 0.446. The van der Waals surface area contributed by atoms with Crippen molar-refractivity contribution in [2.45, 2.75) is 6.61 Å². The van der Waals surface area contributed by atoms with E-state index in [0.717, 1.165) is 21.3 Å². The molecule has 6 heteroatoms. The molecule has 0 radical (unpaired) electrons. The summed E-state index contributed by atoms with van der Waals surface area (Å²) in [4.78, 5) is 12.0. The Balaban J connectivity index is 1.51. The van der Waals surface area contributed by atoms with Gasteiger partial charge in [0, 0.05) is 15.1 Å². The number of benzene rings is 3. The minimum Gasteiger partial charge on any atom is -0.489 e. The maximum absolute atomic E-state index is 12.0. The van der Waals surface area contributed by atoms with Gasteiger partial charge in [0.15, 0.2) is 0 Å². The van der Waals surface area contributed by atoms with Gasteiger partial charge in [0.2, 0.25) is 0 Å². The lowest BCUT2D eigenvalue weighted by Gasteiger charge is -2.06. The lowest BCUT2D eigenvalue weighted by atomic mass is 10.2. The highest BCUT2D eigenvalue weighted by molar-refractivity contribution is 9.10. The Kier molecular flexibility index (Phi) is 6.63. The monoisotopic (exact) mass is 442 g/mol. The van der Waals surface area contributed by atoms with Crippen LogP contribution in [0.15, 0.2) is 82.4 Å². The van der Waals surface area contributed by atoms with Gasteiger partial charge in [-0.15, -0.1) is 0 Å². The highest BCUT2D eigenvalue weighted by Crippen LogP contribution is 2.15. The van der Waals surface area contributed by atoms with Gasteiger partial charge in [-0.25, -0.2) is 5.43 Å². The van der Waals surface area contributed by atoms with Gasteiger partial charge in [-0.3, -0.25) is 4.79 Å². The van der Waals surface area contributed by atoms with Crippen LogP contribution in [0, 0.1) is 0 Å². The highest BCUT2D eigenvalue weighted by Gasteiger charge is 2.04. The number of rotatable bonds is 6. The van der Waals surface area contributed by atoms with Crippen LogP contribution in [-0.2, 0) is 6.61 Å². The molecule has 0 saturated heterocycles. The number of nitrogens with zero attached hydrogens (tertiary/aromatic N) is 1. The molecule has 27 heavy (non-hydrogen) atoms. The van der Waals surface area contributed by atoms with Gasteiger partial charge in [0.1, 0.15) is 12.4 Å². The molecule has 0 atom stereocenters. The van der Waals surface area contributed by atoms with Crippen molar-refractivity contribution in [3.8, 4) is 5.75 Å². The first kappa shape index (κ1) is 19.1. The number of ether oxygens (including phenoxy) is 1. The van der Waals surface area contributed by atoms with Gasteiger partial charge in [-0.05, 0) is 65.7 Å². The molecule has 0 spiro atoms. The van der Waals surface area contributed by atoms with Crippen LogP contribution in [0.2, 0.25) is 5.02 Å². The lowest BCUT2D eigenvalue weighted by Crippen LogP contribution is -2.17. The quantitative estimate of drug-likeness (QED) is 0.407. The largest absolute Gasteiger partial charge is 0.489 e. The second-order valence-electron chi connectivity index (χ2n) is 5.69. The zero-order chi connectivity index (χ0) is 19.1. The van der Waals surface area contributed by atoms with E-state index in [0.29, 0.717) is 17.2 Å². The Morgan fingerprint density at radius 1 is 1.07 bits per heavy atom. The molecule has 0 saturated carbocycles. The minimum atomic E-state index is -0.316. The van der Waals surface area contributed by atoms with Crippen molar-refractivity contribution in [1.29, 1.82) is 0 Å². The van der Waals surface area contributed by atoms with Crippen LogP contribution in [0.1, 0.15) is 21.5 Å². The van der Waals surface area contributed by atoms with E-state index in [9.17, 15) is 4.79 Å². The third-order valence-electron chi connectivity index (χ3n) is 3.67. The van der Waals surface area contributed by atoms with Crippen LogP contribution in [-0.4, -0.2) is 12.1 Å². The molecule has 1 amide bonds. The van der Waals surface area contributed by atoms with Crippen molar-refractivity contribution < 1.29 is 9.53 Å². The SMILES string of the molecule is O=C(N/N=C/c1ccc(OCc2ccc(Br)cc2)cc1)c1cccc(Cl)c1. The summed E-state index contributed by atoms with van der Waals surface area (Å²) in [6, 6.07) is 22.1. The molecule has 0 unspecified atom stereocenters. The van der Waals surface area contributed by atoms with Crippen LogP contribution >= 0.6 is 27.5 Å². The van der Waals surface area contributed by atoms with E-state index in [1.165, 1.54) is 0 Å². The molecule has 0 aliphatic heterocycles. The van der Waals surface area contributed by atoms with Crippen molar-refractivity contribution >= 4 is 39.7 Å². The highest BCUT2D eigenvalue weighted by atomic mass is 79.9. The summed E-state index contributed by atoms with van der Waals surface area (Å²) in [6.07, 6.45) is 1.57. The number of hydrogen-bond donors (Lipinski definition) is 1. The van der Waals surface area contributed by atoms with E-state index in [-0.39, 0.29) is 5.91 Å². The molecule has 1 N–H and O–H groups in total. The van der Waals surface area contributed by atoms with Gasteiger partial charge in [-0.2, -0.15) is 5.10 Å². The molecule has 0 fully saturated rings. The van der Waals surface area contributed by atoms with E-state index in [2.05, 4.69) is 26.5 Å². The predicted octanol–water partition coefficient (Wildman–Crippen LogP) is 5.45. The van der Waals surface area contributed by atoms with Gasteiger partial charge in [0.05, 0.1) is 6.21 Å². The van der Waals surface area contributed by atoms with E-state index < -0.39 is 0 Å². The van der Waals surface area contributed by atoms with Crippen LogP contribution in [0.5, 0.6) is 5.75 Å². The van der Waals surface area contributed by atoms with Crippen molar-refractivity contribution in [3.63, 3.8) is 0 Å². The van der Waals surface area contributed by atoms with Crippen molar-refractivity contribution in [1.82, 2.24) is 5.43 Å². The third kappa shape index (κ3) is 5.94. The normalized spacial score (nSPS) is 10.7. The van der Waals surface area contributed by atoms with Crippen molar-refractivity contribution in [2.75, 3.05) is 0 Å². The smallest absolute Gasteiger partial charge is 0.271 e. The average Bonchev–Trinajstić information content (AvgIpc) is 2.68. The van der Waals surface area contributed by atoms with Crippen LogP contribution in [0.3, 0.4) is 0 Å². The van der Waals surface area contributed by atoms with E-state index >= 15 is 0 Å². The fourth-order valence-electron chi connectivity index (χ4n) is 2.26. The number of amides is 1. The molecular formula is C21H16BrClN2O2. The number of halogens is 2. The summed E-state index contributed by atoms with van der Waals surface area (Å²) < 4.78 is 6.80. The molecule has 4 nitrogen and oxygen atoms in total. The first-order valence-electron chi connectivity index (χ1n) is 8.16. The fourth-order valence-corrected chi connectivity index (χ4v) is 2.71. The molecular weight excluding hydrogens is 428 g/mol. The van der Waals surface area contributed by atoms with E-state index in [4.69, 9.17) is 16.3 Å². The third-order valence-corrected chi connectivity index (χ3v) is 4.43. The summed E-state index contributed by atoms with van der Waals surface area (Å²) in [5, 5.41) is 4.47. The lowest BCUT2D eigenvalue weighted by molar-refractivity contribution is 0.0955. The summed E-state index contributed by atoms with van der Waals surface area (Å²) in [7, 11) is 0. The van der Waals surface area contributed by atoms with E-state index in [1.54, 1.807) is 30.5 Å². The Bertz CT molecular complexity index is 941. The average molecular weight is 444 g/mol. The minimum absolute atomic E-state index is 0.316. The number of carbonyl (C=O) groups is 1. The van der Waals surface area contributed by atoms with Crippen LogP contribution in [0.25, 0.3) is 0 Å². The second kappa shape index (κ2) is 9.35. The van der Waals surface area contributed by atoms with Crippen LogP contribution < -0.4 is 10.2 Å². The molecule has 3 rings (SSSR count). The van der Waals surface area contributed by atoms with Gasteiger partial charge in [-0.1, -0.05) is 45.7 Å². The maximum atomic E-state index is 12.0. The topological polar surface area (TPSA) is 50.7 Å². The number of carbonyl (C=O) groups excluding carboxylic acids is 1. The molecule has 0 aliphatic carbocycles. The first-order chi connectivity index (χ1) is 13.1. The Hall–Kier alpha value is -2.63. The molecule has 0 bridgehead atoms. The predicted molar refractivity (Wildman–Crippen MR) is 111 cm³/mol. The Labute approximate surface area is 171 Å². The summed E-state index contributed by atoms with van der Waals surface area (Å²) in [6.45, 7) is 0.496. The molecule has 0 aromatic heterocycles. The molecule has 136 valence electrons. The number of nitrogens with one attached hydrogen (secondary N) is 1. The molecule has 0 heterocycles. The summed E-state index contributed by atoms with van der Waals surface area (Å²) >= 11 is 9.28. The van der Waals surface area contributed by atoms with E-state index in [1.807, 2.05) is 48.5 Å². The maximum Gasteiger partial charge on any atom is 0.271 e. The molecule has 0 aliphatic rings. The van der Waals surface area contributed by atoms with Gasteiger partial charge < -0.3 is 4.74 Å². The summed E-state index contributed by atoms with van der Waals surface area (Å²) in [5.41, 5.74) is 4.87. The number of hydrazone groups is 1. The number of hydrogen-bond acceptors (Lipinski definition) is 3. The van der Waals surface area contributed by atoms with Crippen molar-refractivity contribution in [2.24, 2.45) is 5.10 Å². The second-order valence-corrected chi connectivity index (χ2v) is 7.05. The van der Waals surface area contributed by atoms with Gasteiger partial charge in [0.25, 0.3) is 5.91 Å². The molecule has 3 aromatic carbocycles. The first-order valence-corrected chi connectivity index (χ1v) is 9.33. The standard InChI is InChI=1S/C21H16BrClN2O2/c22-18-8-4-16(5-9-18)14-27-20-10-6-15(7-11-20)13-24-25-21(26)17-2-1-3-19(23)12-17/h1-13H,14H2,(H,25,26)/b24-13+. The fraction of sp³-hybridized carbons (Fsp3) is 0.0476. The van der Waals surface area contributed by atoms with Crippen molar-refractivity contribution in [3.05, 3.63) is 99.0 Å². The Morgan fingerprint density at radius 2 is 1.81 bits per heavy atom. The Morgan fingerprint density at radius 3 is 2.52 bits per heavy atom.